The molecule has 0 aromatic rings. The number of carbonyl (C=O) groups excluding carboxylic acids is 2. The maximum absolute atomic E-state index is 12.4. The molecule has 1 aliphatic carbocycles. The molecule has 0 spiro atoms. The SMILES string of the molecule is CC(C)C(=O)[C@H](NC(=O)OC(C)(C)C)C1CCCCC1. The number of hydrogen-bond donors (Lipinski definition) is 1. The molecule has 4 heteroatoms. The third-order valence-electron chi connectivity index (χ3n) is 3.67. The lowest BCUT2D eigenvalue weighted by Crippen LogP contribution is -2.49. The maximum atomic E-state index is 12.4. The van der Waals surface area contributed by atoms with Gasteiger partial charge in [-0.05, 0) is 39.5 Å². The summed E-state index contributed by atoms with van der Waals surface area (Å²) in [5, 5.41) is 2.81. The highest BCUT2D eigenvalue weighted by Crippen LogP contribution is 2.28. The van der Waals surface area contributed by atoms with E-state index in [9.17, 15) is 9.59 Å². The smallest absolute Gasteiger partial charge is 0.408 e. The average molecular weight is 283 g/mol. The van der Waals surface area contributed by atoms with Crippen LogP contribution in [0.15, 0.2) is 0 Å². The molecule has 4 nitrogen and oxygen atoms in total. The van der Waals surface area contributed by atoms with Gasteiger partial charge >= 0.3 is 6.09 Å². The lowest BCUT2D eigenvalue weighted by Gasteiger charge is -2.31. The summed E-state index contributed by atoms with van der Waals surface area (Å²) in [7, 11) is 0. The first-order valence-electron chi connectivity index (χ1n) is 7.74. The summed E-state index contributed by atoms with van der Waals surface area (Å²) in [6, 6.07) is -0.398. The summed E-state index contributed by atoms with van der Waals surface area (Å²) >= 11 is 0. The molecule has 0 aromatic heterocycles. The number of amides is 1. The van der Waals surface area contributed by atoms with E-state index in [0.29, 0.717) is 0 Å². The standard InChI is InChI=1S/C16H29NO3/c1-11(2)14(18)13(12-9-7-6-8-10-12)17-15(19)20-16(3,4)5/h11-13H,6-10H2,1-5H3,(H,17,19)/t13-/m1/s1. The molecule has 0 aromatic carbocycles. The van der Waals surface area contributed by atoms with E-state index in [1.165, 1.54) is 6.42 Å². The molecule has 1 fully saturated rings. The van der Waals surface area contributed by atoms with Crippen LogP contribution in [-0.4, -0.2) is 23.5 Å². The fourth-order valence-corrected chi connectivity index (χ4v) is 2.68. The zero-order valence-electron chi connectivity index (χ0n) is 13.5. The fourth-order valence-electron chi connectivity index (χ4n) is 2.68. The first-order valence-corrected chi connectivity index (χ1v) is 7.74. The Balaban J connectivity index is 2.72. The highest BCUT2D eigenvalue weighted by atomic mass is 16.6. The normalized spacial score (nSPS) is 18.7. The van der Waals surface area contributed by atoms with Gasteiger partial charge < -0.3 is 10.1 Å². The van der Waals surface area contributed by atoms with Gasteiger partial charge in [-0.1, -0.05) is 33.1 Å². The highest BCUT2D eigenvalue weighted by molar-refractivity contribution is 5.89. The van der Waals surface area contributed by atoms with E-state index in [-0.39, 0.29) is 17.6 Å². The van der Waals surface area contributed by atoms with Gasteiger partial charge in [0.05, 0.1) is 6.04 Å². The number of carbonyl (C=O) groups is 2. The molecule has 1 rings (SSSR count). The summed E-state index contributed by atoms with van der Waals surface area (Å²) in [6.07, 6.45) is 5.05. The van der Waals surface area contributed by atoms with Crippen LogP contribution in [0, 0.1) is 11.8 Å². The van der Waals surface area contributed by atoms with Gasteiger partial charge in [-0.15, -0.1) is 0 Å². The lowest BCUT2D eigenvalue weighted by molar-refractivity contribution is -0.125. The number of Topliss-reactive ketones (excluding diaryl/α,β-unsaturated/α-hetero) is 1. The zero-order chi connectivity index (χ0) is 15.3. The minimum atomic E-state index is -0.540. The van der Waals surface area contributed by atoms with Gasteiger partial charge in [-0.2, -0.15) is 0 Å². The second kappa shape index (κ2) is 7.09. The predicted molar refractivity (Wildman–Crippen MR) is 79.6 cm³/mol. The Morgan fingerprint density at radius 1 is 1.10 bits per heavy atom. The molecule has 0 aliphatic heterocycles. The van der Waals surface area contributed by atoms with E-state index < -0.39 is 17.7 Å². The monoisotopic (exact) mass is 283 g/mol. The van der Waals surface area contributed by atoms with Crippen LogP contribution in [0.25, 0.3) is 0 Å². The molecule has 116 valence electrons. The van der Waals surface area contributed by atoms with Crippen molar-refractivity contribution in [3.05, 3.63) is 0 Å². The number of hydrogen-bond acceptors (Lipinski definition) is 3. The molecule has 0 heterocycles. The summed E-state index contributed by atoms with van der Waals surface area (Å²) in [4.78, 5) is 24.3. The van der Waals surface area contributed by atoms with Gasteiger partial charge in [0, 0.05) is 5.92 Å². The molecule has 1 amide bonds. The zero-order valence-corrected chi connectivity index (χ0v) is 13.5. The van der Waals surface area contributed by atoms with Crippen molar-refractivity contribution in [2.45, 2.75) is 78.4 Å². The maximum Gasteiger partial charge on any atom is 0.408 e. The van der Waals surface area contributed by atoms with Crippen LogP contribution in [0.5, 0.6) is 0 Å². The number of nitrogens with one attached hydrogen (secondary N) is 1. The van der Waals surface area contributed by atoms with Gasteiger partial charge in [-0.3, -0.25) is 4.79 Å². The Morgan fingerprint density at radius 3 is 2.10 bits per heavy atom. The molecule has 0 unspecified atom stereocenters. The van der Waals surface area contributed by atoms with Gasteiger partial charge in [0.15, 0.2) is 5.78 Å². The fraction of sp³-hybridized carbons (Fsp3) is 0.875. The van der Waals surface area contributed by atoms with E-state index in [0.717, 1.165) is 25.7 Å². The first-order chi connectivity index (χ1) is 9.20. The molecule has 1 N–H and O–H groups in total. The topological polar surface area (TPSA) is 55.4 Å². The second-order valence-corrected chi connectivity index (χ2v) is 7.08. The number of ketones is 1. The van der Waals surface area contributed by atoms with Crippen LogP contribution >= 0.6 is 0 Å². The van der Waals surface area contributed by atoms with Crippen LogP contribution in [0.1, 0.15) is 66.7 Å². The summed E-state index contributed by atoms with van der Waals surface area (Å²) in [5.74, 6) is 0.297. The van der Waals surface area contributed by atoms with Crippen molar-refractivity contribution < 1.29 is 14.3 Å². The molecule has 1 aliphatic rings. The largest absolute Gasteiger partial charge is 0.444 e. The van der Waals surface area contributed by atoms with E-state index in [2.05, 4.69) is 5.32 Å². The van der Waals surface area contributed by atoms with Gasteiger partial charge in [0.2, 0.25) is 0 Å². The van der Waals surface area contributed by atoms with Crippen LogP contribution in [0.4, 0.5) is 4.79 Å². The van der Waals surface area contributed by atoms with Crippen LogP contribution in [-0.2, 0) is 9.53 Å². The molecule has 0 bridgehead atoms. The van der Waals surface area contributed by atoms with E-state index in [4.69, 9.17) is 4.74 Å². The van der Waals surface area contributed by atoms with E-state index in [1.807, 2.05) is 34.6 Å². The van der Waals surface area contributed by atoms with Crippen molar-refractivity contribution in [3.8, 4) is 0 Å². The van der Waals surface area contributed by atoms with Gasteiger partial charge in [0.25, 0.3) is 0 Å². The van der Waals surface area contributed by atoms with Crippen LogP contribution in [0.2, 0.25) is 0 Å². The predicted octanol–water partition coefficient (Wildman–Crippen LogP) is 3.69. The minimum Gasteiger partial charge on any atom is -0.444 e. The minimum absolute atomic E-state index is 0.0723. The molecule has 1 saturated carbocycles. The second-order valence-electron chi connectivity index (χ2n) is 7.08. The Hall–Kier alpha value is -1.06. The van der Waals surface area contributed by atoms with Crippen molar-refractivity contribution >= 4 is 11.9 Å². The van der Waals surface area contributed by atoms with Gasteiger partial charge in [-0.25, -0.2) is 4.79 Å². The van der Waals surface area contributed by atoms with Gasteiger partial charge in [0.1, 0.15) is 5.60 Å². The quantitative estimate of drug-likeness (QED) is 0.856. The molecule has 20 heavy (non-hydrogen) atoms. The first kappa shape index (κ1) is 17.0. The van der Waals surface area contributed by atoms with Crippen molar-refractivity contribution in [1.82, 2.24) is 5.32 Å². The summed E-state index contributed by atoms with van der Waals surface area (Å²) in [6.45, 7) is 9.25. The van der Waals surface area contributed by atoms with Crippen molar-refractivity contribution in [2.24, 2.45) is 11.8 Å². The Labute approximate surface area is 122 Å². The summed E-state index contributed by atoms with van der Waals surface area (Å²) in [5.41, 5.74) is -0.540. The molecule has 1 atom stereocenters. The Kier molecular flexibility index (Phi) is 6.03. The Bertz CT molecular complexity index is 338. The lowest BCUT2D eigenvalue weighted by atomic mass is 9.80. The van der Waals surface area contributed by atoms with Crippen molar-refractivity contribution in [1.29, 1.82) is 0 Å². The Morgan fingerprint density at radius 2 is 1.65 bits per heavy atom. The van der Waals surface area contributed by atoms with Crippen LogP contribution in [0.3, 0.4) is 0 Å². The highest BCUT2D eigenvalue weighted by Gasteiger charge is 2.33. The van der Waals surface area contributed by atoms with E-state index >= 15 is 0 Å². The van der Waals surface area contributed by atoms with E-state index in [1.54, 1.807) is 0 Å². The third-order valence-corrected chi connectivity index (χ3v) is 3.67. The molecule has 0 saturated heterocycles. The van der Waals surface area contributed by atoms with Crippen molar-refractivity contribution in [2.75, 3.05) is 0 Å². The number of rotatable bonds is 4. The number of ether oxygens (including phenoxy) is 1. The molecular weight excluding hydrogens is 254 g/mol. The molecule has 0 radical (unpaired) electrons. The molecular formula is C16H29NO3. The summed E-state index contributed by atoms with van der Waals surface area (Å²) < 4.78 is 5.29. The number of alkyl carbamates (subject to hydrolysis) is 1. The average Bonchev–Trinajstić information content (AvgIpc) is 2.34. The van der Waals surface area contributed by atoms with Crippen LogP contribution < -0.4 is 5.32 Å². The van der Waals surface area contributed by atoms with Crippen molar-refractivity contribution in [3.63, 3.8) is 0 Å². The third kappa shape index (κ3) is 5.51.